The van der Waals surface area contributed by atoms with Crippen LogP contribution in [0.2, 0.25) is 0 Å². The first-order chi connectivity index (χ1) is 15.5. The Labute approximate surface area is 189 Å². The van der Waals surface area contributed by atoms with E-state index in [1.807, 2.05) is 50.4 Å². The predicted molar refractivity (Wildman–Crippen MR) is 129 cm³/mol. The molecular formula is C26H32N4O2. The van der Waals surface area contributed by atoms with Crippen molar-refractivity contribution in [1.29, 1.82) is 0 Å². The molecule has 2 aromatic carbocycles. The molecule has 2 heterocycles. The third-order valence-electron chi connectivity index (χ3n) is 6.23. The zero-order valence-corrected chi connectivity index (χ0v) is 18.8. The van der Waals surface area contributed by atoms with E-state index in [1.54, 1.807) is 0 Å². The lowest BCUT2D eigenvalue weighted by Gasteiger charge is -2.21. The fraction of sp³-hybridized carbons (Fsp3) is 0.385. The summed E-state index contributed by atoms with van der Waals surface area (Å²) in [5, 5.41) is 7.15. The number of hydrogen-bond acceptors (Lipinski definition) is 3. The summed E-state index contributed by atoms with van der Waals surface area (Å²) in [6, 6.07) is 17.8. The Bertz CT molecular complexity index is 1060. The maximum atomic E-state index is 13.1. The van der Waals surface area contributed by atoms with Crippen molar-refractivity contribution in [2.75, 3.05) is 24.5 Å². The van der Waals surface area contributed by atoms with Crippen molar-refractivity contribution in [2.24, 2.45) is 11.8 Å². The summed E-state index contributed by atoms with van der Waals surface area (Å²) in [6.45, 7) is 6.21. The van der Waals surface area contributed by atoms with Gasteiger partial charge in [-0.15, -0.1) is 0 Å². The van der Waals surface area contributed by atoms with E-state index in [-0.39, 0.29) is 17.7 Å². The van der Waals surface area contributed by atoms with Gasteiger partial charge in [0.1, 0.15) is 6.04 Å². The van der Waals surface area contributed by atoms with Crippen LogP contribution in [0.15, 0.2) is 60.8 Å². The highest BCUT2D eigenvalue weighted by atomic mass is 16.2. The Kier molecular flexibility index (Phi) is 6.78. The molecule has 6 nitrogen and oxygen atoms in total. The smallest absolute Gasteiger partial charge is 0.242 e. The Morgan fingerprint density at radius 3 is 2.59 bits per heavy atom. The number of nitrogens with zero attached hydrogens (tertiary/aromatic N) is 1. The van der Waals surface area contributed by atoms with Crippen molar-refractivity contribution in [3.05, 3.63) is 66.4 Å². The number of H-pyrrole nitrogens is 1. The van der Waals surface area contributed by atoms with Crippen LogP contribution in [0.1, 0.15) is 25.8 Å². The SMILES string of the molecule is CC(C)C(=O)NC(Cc1c[nH]c2ccccc12)C(=O)NCC1CCN(c2ccccc2)C1. The zero-order valence-electron chi connectivity index (χ0n) is 18.8. The second-order valence-electron chi connectivity index (χ2n) is 8.96. The number of nitrogens with one attached hydrogen (secondary N) is 3. The minimum Gasteiger partial charge on any atom is -0.371 e. The Morgan fingerprint density at radius 1 is 1.06 bits per heavy atom. The largest absolute Gasteiger partial charge is 0.371 e. The van der Waals surface area contributed by atoms with E-state index in [0.717, 1.165) is 36.0 Å². The highest BCUT2D eigenvalue weighted by molar-refractivity contribution is 5.90. The summed E-state index contributed by atoms with van der Waals surface area (Å²) in [5.74, 6) is -0.0141. The molecule has 0 saturated carbocycles. The molecule has 0 spiro atoms. The molecule has 2 amide bonds. The lowest BCUT2D eigenvalue weighted by atomic mass is 10.0. The van der Waals surface area contributed by atoms with Crippen LogP contribution >= 0.6 is 0 Å². The molecule has 2 unspecified atom stereocenters. The minimum absolute atomic E-state index is 0.110. The molecule has 1 aliphatic heterocycles. The number of para-hydroxylation sites is 2. The van der Waals surface area contributed by atoms with E-state index in [2.05, 4.69) is 44.8 Å². The standard InChI is InChI=1S/C26H32N4O2/c1-18(2)25(31)29-24(14-20-16-27-23-11-7-6-10-22(20)23)26(32)28-15-19-12-13-30(17-19)21-8-4-3-5-9-21/h3-11,16,18-19,24,27H,12-15,17H2,1-2H3,(H,28,32)(H,29,31). The van der Waals surface area contributed by atoms with Crippen LogP contribution < -0.4 is 15.5 Å². The number of rotatable bonds is 8. The van der Waals surface area contributed by atoms with Crippen molar-refractivity contribution in [3.63, 3.8) is 0 Å². The molecule has 168 valence electrons. The third-order valence-corrected chi connectivity index (χ3v) is 6.23. The fourth-order valence-electron chi connectivity index (χ4n) is 4.31. The van der Waals surface area contributed by atoms with Gasteiger partial charge in [0.2, 0.25) is 11.8 Å². The van der Waals surface area contributed by atoms with Crippen molar-refractivity contribution in [3.8, 4) is 0 Å². The predicted octanol–water partition coefficient (Wildman–Crippen LogP) is 3.49. The number of aromatic amines is 1. The molecule has 32 heavy (non-hydrogen) atoms. The number of benzene rings is 2. The van der Waals surface area contributed by atoms with Crippen LogP contribution in [0.4, 0.5) is 5.69 Å². The number of anilines is 1. The van der Waals surface area contributed by atoms with Gasteiger partial charge in [-0.1, -0.05) is 50.2 Å². The Hall–Kier alpha value is -3.28. The van der Waals surface area contributed by atoms with Gasteiger partial charge >= 0.3 is 0 Å². The number of fused-ring (bicyclic) bond motifs is 1. The van der Waals surface area contributed by atoms with Crippen LogP contribution in [0.25, 0.3) is 10.9 Å². The first-order valence-electron chi connectivity index (χ1n) is 11.4. The molecule has 1 aromatic heterocycles. The van der Waals surface area contributed by atoms with Crippen LogP contribution in [0, 0.1) is 11.8 Å². The van der Waals surface area contributed by atoms with Gasteiger partial charge in [0.25, 0.3) is 0 Å². The molecule has 3 N–H and O–H groups in total. The van der Waals surface area contributed by atoms with Gasteiger partial charge in [0, 0.05) is 54.8 Å². The summed E-state index contributed by atoms with van der Waals surface area (Å²) in [7, 11) is 0. The lowest BCUT2D eigenvalue weighted by molar-refractivity contribution is -0.130. The molecule has 0 aliphatic carbocycles. The van der Waals surface area contributed by atoms with Crippen LogP contribution in [-0.4, -0.2) is 42.5 Å². The first kappa shape index (κ1) is 21.9. The Morgan fingerprint density at radius 2 is 1.81 bits per heavy atom. The number of amides is 2. The fourth-order valence-corrected chi connectivity index (χ4v) is 4.31. The molecule has 1 saturated heterocycles. The average Bonchev–Trinajstić information content (AvgIpc) is 3.45. The van der Waals surface area contributed by atoms with E-state index in [4.69, 9.17) is 0 Å². The van der Waals surface area contributed by atoms with Crippen molar-refractivity contribution in [2.45, 2.75) is 32.7 Å². The topological polar surface area (TPSA) is 77.2 Å². The van der Waals surface area contributed by atoms with Crippen LogP contribution in [0.5, 0.6) is 0 Å². The zero-order chi connectivity index (χ0) is 22.5. The number of carbonyl (C=O) groups excluding carboxylic acids is 2. The number of hydrogen-bond donors (Lipinski definition) is 3. The van der Waals surface area contributed by atoms with Crippen LogP contribution in [0.3, 0.4) is 0 Å². The molecule has 3 aromatic rings. The van der Waals surface area contributed by atoms with Gasteiger partial charge in [-0.25, -0.2) is 0 Å². The monoisotopic (exact) mass is 432 g/mol. The van der Waals surface area contributed by atoms with E-state index < -0.39 is 6.04 Å². The molecule has 6 heteroatoms. The van der Waals surface area contributed by atoms with Gasteiger partial charge in [-0.2, -0.15) is 0 Å². The summed E-state index contributed by atoms with van der Waals surface area (Å²) in [6.07, 6.45) is 3.43. The lowest BCUT2D eigenvalue weighted by Crippen LogP contribution is -2.50. The van der Waals surface area contributed by atoms with Crippen molar-refractivity contribution < 1.29 is 9.59 Å². The normalized spacial score (nSPS) is 17.0. The maximum absolute atomic E-state index is 13.1. The summed E-state index contributed by atoms with van der Waals surface area (Å²) >= 11 is 0. The molecule has 0 bridgehead atoms. The van der Waals surface area contributed by atoms with Crippen LogP contribution in [-0.2, 0) is 16.0 Å². The van der Waals surface area contributed by atoms with E-state index >= 15 is 0 Å². The molecule has 1 fully saturated rings. The second kappa shape index (κ2) is 9.90. The van der Waals surface area contributed by atoms with Gasteiger partial charge < -0.3 is 20.5 Å². The molecular weight excluding hydrogens is 400 g/mol. The quantitative estimate of drug-likeness (QED) is 0.510. The molecule has 0 radical (unpaired) electrons. The van der Waals surface area contributed by atoms with Gasteiger partial charge in [-0.3, -0.25) is 9.59 Å². The number of aromatic nitrogens is 1. The van der Waals surface area contributed by atoms with Crippen molar-refractivity contribution >= 4 is 28.4 Å². The first-order valence-corrected chi connectivity index (χ1v) is 11.4. The molecule has 1 aliphatic rings. The summed E-state index contributed by atoms with van der Waals surface area (Å²) in [5.41, 5.74) is 3.28. The minimum atomic E-state index is -0.601. The molecule has 4 rings (SSSR count). The summed E-state index contributed by atoms with van der Waals surface area (Å²) < 4.78 is 0. The maximum Gasteiger partial charge on any atom is 0.242 e. The van der Waals surface area contributed by atoms with Crippen molar-refractivity contribution in [1.82, 2.24) is 15.6 Å². The highest BCUT2D eigenvalue weighted by Crippen LogP contribution is 2.23. The summed E-state index contributed by atoms with van der Waals surface area (Å²) in [4.78, 5) is 31.1. The third kappa shape index (κ3) is 5.13. The van der Waals surface area contributed by atoms with Gasteiger partial charge in [-0.05, 0) is 36.1 Å². The highest BCUT2D eigenvalue weighted by Gasteiger charge is 2.27. The van der Waals surface area contributed by atoms with E-state index in [0.29, 0.717) is 18.9 Å². The second-order valence-corrected chi connectivity index (χ2v) is 8.96. The van der Waals surface area contributed by atoms with Gasteiger partial charge in [0.15, 0.2) is 0 Å². The van der Waals surface area contributed by atoms with Gasteiger partial charge in [0.05, 0.1) is 0 Å². The van der Waals surface area contributed by atoms with E-state index in [1.165, 1.54) is 5.69 Å². The molecule has 2 atom stereocenters. The number of carbonyl (C=O) groups is 2. The average molecular weight is 433 g/mol. The Balaban J connectivity index is 1.39. The van der Waals surface area contributed by atoms with E-state index in [9.17, 15) is 9.59 Å².